The normalized spacial score (nSPS) is 18.4. The molecule has 1 saturated carbocycles. The summed E-state index contributed by atoms with van der Waals surface area (Å²) >= 11 is 0. The van der Waals surface area contributed by atoms with Crippen molar-refractivity contribution < 1.29 is 9.84 Å². The summed E-state index contributed by atoms with van der Waals surface area (Å²) in [5.74, 6) is 0.836. The molecule has 2 heteroatoms. The average Bonchev–Trinajstić information content (AvgIpc) is 2.85. The molecule has 0 bridgehead atoms. The smallest absolute Gasteiger partial charge is 0.127 e. The van der Waals surface area contributed by atoms with Crippen molar-refractivity contribution in [2.24, 2.45) is 0 Å². The lowest BCUT2D eigenvalue weighted by Crippen LogP contribution is -2.07. The molecule has 13 heavy (non-hydrogen) atoms. The molecule has 70 valence electrons. The van der Waals surface area contributed by atoms with E-state index in [-0.39, 0.29) is 0 Å². The number of benzene rings is 1. The van der Waals surface area contributed by atoms with E-state index in [2.05, 4.69) is 0 Å². The van der Waals surface area contributed by atoms with Gasteiger partial charge in [0.2, 0.25) is 0 Å². The van der Waals surface area contributed by atoms with Gasteiger partial charge in [0.05, 0.1) is 12.7 Å². The maximum atomic E-state index is 9.96. The number of methoxy groups -OCH3 is 1. The van der Waals surface area contributed by atoms with E-state index in [0.29, 0.717) is 0 Å². The molecule has 1 aromatic carbocycles. The summed E-state index contributed by atoms with van der Waals surface area (Å²) in [4.78, 5) is 0. The first-order chi connectivity index (χ1) is 6.17. The van der Waals surface area contributed by atoms with E-state index in [0.717, 1.165) is 29.7 Å². The lowest BCUT2D eigenvalue weighted by atomic mass is 10.0. The molecule has 0 atom stereocenters. The van der Waals surface area contributed by atoms with Crippen LogP contribution >= 0.6 is 0 Å². The summed E-state index contributed by atoms with van der Waals surface area (Å²) in [6.45, 7) is 1.99. The second-order valence-electron chi connectivity index (χ2n) is 3.69. The van der Waals surface area contributed by atoms with Gasteiger partial charge < -0.3 is 9.84 Å². The molecule has 0 aromatic heterocycles. The molecule has 1 aromatic rings. The summed E-state index contributed by atoms with van der Waals surface area (Å²) in [6, 6.07) is 5.90. The standard InChI is InChI=1S/C11H14O2/c1-8-4-3-5-9(10(8)13-2)11(12)6-7-11/h3-5,12H,6-7H2,1-2H3. The molecular formula is C11H14O2. The van der Waals surface area contributed by atoms with Crippen LogP contribution in [0.4, 0.5) is 0 Å². The van der Waals surface area contributed by atoms with Crippen molar-refractivity contribution in [2.75, 3.05) is 7.11 Å². The first-order valence-corrected chi connectivity index (χ1v) is 4.54. The van der Waals surface area contributed by atoms with Gasteiger partial charge in [0.15, 0.2) is 0 Å². The van der Waals surface area contributed by atoms with Gasteiger partial charge in [-0.25, -0.2) is 0 Å². The lowest BCUT2D eigenvalue weighted by Gasteiger charge is -2.14. The minimum atomic E-state index is -0.600. The van der Waals surface area contributed by atoms with Crippen LogP contribution in [0, 0.1) is 6.92 Å². The van der Waals surface area contributed by atoms with Crippen LogP contribution in [-0.2, 0) is 5.60 Å². The fourth-order valence-corrected chi connectivity index (χ4v) is 1.68. The number of para-hydroxylation sites is 1. The van der Waals surface area contributed by atoms with E-state index in [1.165, 1.54) is 0 Å². The highest BCUT2D eigenvalue weighted by atomic mass is 16.5. The maximum absolute atomic E-state index is 9.96. The molecule has 0 unspecified atom stereocenters. The van der Waals surface area contributed by atoms with Crippen LogP contribution in [0.5, 0.6) is 5.75 Å². The molecule has 0 amide bonds. The highest BCUT2D eigenvalue weighted by Gasteiger charge is 2.44. The van der Waals surface area contributed by atoms with Gasteiger partial charge in [0.25, 0.3) is 0 Å². The monoisotopic (exact) mass is 178 g/mol. The van der Waals surface area contributed by atoms with Gasteiger partial charge in [-0.1, -0.05) is 18.2 Å². The third-order valence-electron chi connectivity index (χ3n) is 2.64. The predicted octanol–water partition coefficient (Wildman–Crippen LogP) is 1.99. The highest BCUT2D eigenvalue weighted by Crippen LogP contribution is 2.49. The Morgan fingerprint density at radius 2 is 2.08 bits per heavy atom. The molecule has 0 saturated heterocycles. The fourth-order valence-electron chi connectivity index (χ4n) is 1.68. The summed E-state index contributed by atoms with van der Waals surface area (Å²) in [7, 11) is 1.65. The molecule has 0 aliphatic heterocycles. The Morgan fingerprint density at radius 3 is 2.62 bits per heavy atom. The second kappa shape index (κ2) is 2.74. The van der Waals surface area contributed by atoms with Crippen molar-refractivity contribution in [3.63, 3.8) is 0 Å². The summed E-state index contributed by atoms with van der Waals surface area (Å²) < 4.78 is 5.28. The van der Waals surface area contributed by atoms with Crippen molar-refractivity contribution in [3.05, 3.63) is 29.3 Å². The first-order valence-electron chi connectivity index (χ1n) is 4.54. The topological polar surface area (TPSA) is 29.5 Å². The maximum Gasteiger partial charge on any atom is 0.127 e. The van der Waals surface area contributed by atoms with Crippen molar-refractivity contribution in [1.82, 2.24) is 0 Å². The van der Waals surface area contributed by atoms with Crippen LogP contribution in [0.25, 0.3) is 0 Å². The zero-order chi connectivity index (χ0) is 9.47. The fraction of sp³-hybridized carbons (Fsp3) is 0.455. The minimum Gasteiger partial charge on any atom is -0.496 e. The Bertz CT molecular complexity index is 327. The summed E-state index contributed by atoms with van der Waals surface area (Å²) in [5.41, 5.74) is 1.42. The van der Waals surface area contributed by atoms with E-state index in [9.17, 15) is 5.11 Å². The average molecular weight is 178 g/mol. The Balaban J connectivity index is 2.50. The van der Waals surface area contributed by atoms with Gasteiger partial charge >= 0.3 is 0 Å². The molecule has 1 N–H and O–H groups in total. The third-order valence-corrected chi connectivity index (χ3v) is 2.64. The van der Waals surface area contributed by atoms with E-state index in [4.69, 9.17) is 4.74 Å². The number of aryl methyl sites for hydroxylation is 1. The highest BCUT2D eigenvalue weighted by molar-refractivity contribution is 5.46. The number of ether oxygens (including phenoxy) is 1. The molecule has 1 fully saturated rings. The van der Waals surface area contributed by atoms with Crippen molar-refractivity contribution in [3.8, 4) is 5.75 Å². The Hall–Kier alpha value is -1.02. The molecule has 0 radical (unpaired) electrons. The van der Waals surface area contributed by atoms with Gasteiger partial charge in [0.1, 0.15) is 5.75 Å². The zero-order valence-electron chi connectivity index (χ0n) is 8.00. The van der Waals surface area contributed by atoms with Crippen LogP contribution < -0.4 is 4.74 Å². The molecule has 0 heterocycles. The molecular weight excluding hydrogens is 164 g/mol. The number of rotatable bonds is 2. The number of hydrogen-bond acceptors (Lipinski definition) is 2. The molecule has 2 nitrogen and oxygen atoms in total. The lowest BCUT2D eigenvalue weighted by molar-refractivity contribution is 0.147. The zero-order valence-corrected chi connectivity index (χ0v) is 8.00. The van der Waals surface area contributed by atoms with Gasteiger partial charge in [0, 0.05) is 5.56 Å². The van der Waals surface area contributed by atoms with Crippen LogP contribution in [0.1, 0.15) is 24.0 Å². The molecule has 1 aliphatic carbocycles. The van der Waals surface area contributed by atoms with Gasteiger partial charge in [-0.3, -0.25) is 0 Å². The summed E-state index contributed by atoms with van der Waals surface area (Å²) in [5, 5.41) is 9.96. The van der Waals surface area contributed by atoms with Crippen LogP contribution in [0.15, 0.2) is 18.2 Å². The number of hydrogen-bond donors (Lipinski definition) is 1. The molecule has 2 rings (SSSR count). The van der Waals surface area contributed by atoms with Crippen LogP contribution in [0.2, 0.25) is 0 Å². The van der Waals surface area contributed by atoms with Crippen LogP contribution in [-0.4, -0.2) is 12.2 Å². The number of aliphatic hydroxyl groups is 1. The third kappa shape index (κ3) is 1.31. The SMILES string of the molecule is COc1c(C)cccc1C1(O)CC1. The van der Waals surface area contributed by atoms with Gasteiger partial charge in [-0.2, -0.15) is 0 Å². The van der Waals surface area contributed by atoms with Crippen LogP contribution in [0.3, 0.4) is 0 Å². The quantitative estimate of drug-likeness (QED) is 0.750. The Kier molecular flexibility index (Phi) is 1.81. The predicted molar refractivity (Wildman–Crippen MR) is 50.9 cm³/mol. The Morgan fingerprint density at radius 1 is 1.38 bits per heavy atom. The van der Waals surface area contributed by atoms with Crippen molar-refractivity contribution >= 4 is 0 Å². The molecule has 1 aliphatic rings. The van der Waals surface area contributed by atoms with Gasteiger partial charge in [-0.15, -0.1) is 0 Å². The van der Waals surface area contributed by atoms with E-state index in [1.807, 2.05) is 25.1 Å². The van der Waals surface area contributed by atoms with E-state index < -0.39 is 5.60 Å². The Labute approximate surface area is 78.2 Å². The van der Waals surface area contributed by atoms with E-state index >= 15 is 0 Å². The minimum absolute atomic E-state index is 0.600. The summed E-state index contributed by atoms with van der Waals surface area (Å²) in [6.07, 6.45) is 1.71. The van der Waals surface area contributed by atoms with Crippen molar-refractivity contribution in [1.29, 1.82) is 0 Å². The molecule has 0 spiro atoms. The second-order valence-corrected chi connectivity index (χ2v) is 3.69. The largest absolute Gasteiger partial charge is 0.496 e. The van der Waals surface area contributed by atoms with Gasteiger partial charge in [-0.05, 0) is 25.3 Å². The first kappa shape index (κ1) is 8.57. The van der Waals surface area contributed by atoms with E-state index in [1.54, 1.807) is 7.11 Å². The van der Waals surface area contributed by atoms with Crippen molar-refractivity contribution in [2.45, 2.75) is 25.4 Å².